The molecular weight excluding hydrogens is 380 g/mol. The van der Waals surface area contributed by atoms with E-state index in [1.54, 1.807) is 11.3 Å². The summed E-state index contributed by atoms with van der Waals surface area (Å²) in [7, 11) is 0. The zero-order chi connectivity index (χ0) is 12.0. The topological polar surface area (TPSA) is 0 Å². The first-order chi connectivity index (χ1) is 8.15. The molecule has 0 fully saturated rings. The zero-order valence-electron chi connectivity index (χ0n) is 8.54. The summed E-state index contributed by atoms with van der Waals surface area (Å²) in [6.45, 7) is 0. The van der Waals surface area contributed by atoms with Crippen molar-refractivity contribution in [2.75, 3.05) is 0 Å². The highest BCUT2D eigenvalue weighted by atomic mass is 79.9. The fraction of sp³-hybridized carbons (Fsp3) is 0. The van der Waals surface area contributed by atoms with Crippen LogP contribution in [0.1, 0.15) is 0 Å². The Kier molecular flexibility index (Phi) is 3.07. The molecule has 0 N–H and O–H groups in total. The summed E-state index contributed by atoms with van der Waals surface area (Å²) in [5, 5.41) is 2.29. The molecule has 0 bridgehead atoms. The first-order valence-corrected chi connectivity index (χ1v) is 7.78. The third kappa shape index (κ3) is 2.08. The van der Waals surface area contributed by atoms with E-state index in [-0.39, 0.29) is 0 Å². The lowest BCUT2D eigenvalue weighted by Crippen LogP contribution is -1.77. The maximum atomic E-state index is 5.58. The molecule has 0 radical (unpaired) electrons. The lowest BCUT2D eigenvalue weighted by molar-refractivity contribution is 1.73. The van der Waals surface area contributed by atoms with Crippen LogP contribution in [0.25, 0.3) is 20.2 Å². The summed E-state index contributed by atoms with van der Waals surface area (Å²) in [6.07, 6.45) is 0. The van der Waals surface area contributed by atoms with Crippen molar-refractivity contribution < 1.29 is 0 Å². The third-order valence-corrected chi connectivity index (χ3v) is 5.17. The molecule has 1 heterocycles. The van der Waals surface area contributed by atoms with Crippen molar-refractivity contribution in [1.29, 1.82) is 0 Å². The van der Waals surface area contributed by atoms with Gasteiger partial charge in [-0.05, 0) is 36.4 Å². The van der Waals surface area contributed by atoms with Crippen molar-refractivity contribution >= 4 is 75.6 Å². The average molecular weight is 386 g/mol. The predicted molar refractivity (Wildman–Crippen MR) is 85.6 cm³/mol. The Morgan fingerprint density at radius 1 is 0.824 bits per heavy atom. The molecule has 17 heavy (non-hydrogen) atoms. The summed E-state index contributed by atoms with van der Waals surface area (Å²) >= 11 is 14.3. The van der Waals surface area contributed by atoms with Gasteiger partial charge in [-0.3, -0.25) is 0 Å². The Labute approximate surface area is 125 Å². The summed E-state index contributed by atoms with van der Waals surface area (Å²) in [5.74, 6) is 0. The highest BCUT2D eigenvalue weighted by molar-refractivity contribution is 9.10. The summed E-state index contributed by atoms with van der Waals surface area (Å²) in [5.41, 5.74) is 0. The monoisotopic (exact) mass is 384 g/mol. The van der Waals surface area contributed by atoms with Gasteiger partial charge in [0.15, 0.2) is 0 Å². The molecule has 0 unspecified atom stereocenters. The molecule has 4 heteroatoms. The second-order valence-corrected chi connectivity index (χ2v) is 7.04. The van der Waals surface area contributed by atoms with E-state index in [0.29, 0.717) is 0 Å². The Hall–Kier alpha value is -0.290. The van der Waals surface area contributed by atoms with E-state index in [2.05, 4.69) is 68.3 Å². The SMILES string of the molecule is S=c1c2cc(Br)ccc2sc2ccc(Br)cc12. The number of halogens is 2. The van der Waals surface area contributed by atoms with Gasteiger partial charge in [0.2, 0.25) is 0 Å². The van der Waals surface area contributed by atoms with Crippen molar-refractivity contribution in [1.82, 2.24) is 0 Å². The molecule has 3 aromatic rings. The van der Waals surface area contributed by atoms with Gasteiger partial charge in [-0.15, -0.1) is 11.3 Å². The lowest BCUT2D eigenvalue weighted by atomic mass is 10.2. The molecule has 3 rings (SSSR count). The molecule has 0 aliphatic heterocycles. The summed E-state index contributed by atoms with van der Waals surface area (Å²) in [6, 6.07) is 12.5. The molecule has 0 saturated heterocycles. The van der Waals surface area contributed by atoms with Crippen LogP contribution in [0, 0.1) is 4.51 Å². The van der Waals surface area contributed by atoms with Crippen molar-refractivity contribution in [2.24, 2.45) is 0 Å². The van der Waals surface area contributed by atoms with Crippen LogP contribution in [-0.2, 0) is 0 Å². The molecular formula is C13H6Br2S2. The number of rotatable bonds is 0. The smallest absolute Gasteiger partial charge is 0.0551 e. The van der Waals surface area contributed by atoms with Gasteiger partial charge in [-0.1, -0.05) is 44.1 Å². The maximum Gasteiger partial charge on any atom is 0.0551 e. The van der Waals surface area contributed by atoms with Gasteiger partial charge in [0.25, 0.3) is 0 Å². The van der Waals surface area contributed by atoms with Crippen LogP contribution in [-0.4, -0.2) is 0 Å². The minimum Gasteiger partial charge on any atom is -0.135 e. The van der Waals surface area contributed by atoms with Crippen molar-refractivity contribution in [3.8, 4) is 0 Å². The van der Waals surface area contributed by atoms with Crippen LogP contribution in [0.2, 0.25) is 0 Å². The van der Waals surface area contributed by atoms with Gasteiger partial charge in [-0.2, -0.15) is 0 Å². The van der Waals surface area contributed by atoms with Gasteiger partial charge in [-0.25, -0.2) is 0 Å². The van der Waals surface area contributed by atoms with Crippen molar-refractivity contribution in [2.45, 2.75) is 0 Å². The van der Waals surface area contributed by atoms with Crippen LogP contribution in [0.4, 0.5) is 0 Å². The second kappa shape index (κ2) is 4.43. The average Bonchev–Trinajstić information content (AvgIpc) is 2.32. The fourth-order valence-corrected chi connectivity index (χ4v) is 4.04. The van der Waals surface area contributed by atoms with Crippen LogP contribution >= 0.6 is 55.4 Å². The fourth-order valence-electron chi connectivity index (χ4n) is 1.80. The first kappa shape index (κ1) is 11.8. The molecule has 0 saturated carbocycles. The van der Waals surface area contributed by atoms with Gasteiger partial charge in [0, 0.05) is 29.1 Å². The van der Waals surface area contributed by atoms with Crippen LogP contribution in [0.5, 0.6) is 0 Å². The number of fused-ring (bicyclic) bond motifs is 2. The molecule has 2 aromatic carbocycles. The normalized spacial score (nSPS) is 11.2. The molecule has 0 atom stereocenters. The van der Waals surface area contributed by atoms with Crippen LogP contribution < -0.4 is 0 Å². The maximum absolute atomic E-state index is 5.58. The molecule has 0 spiro atoms. The molecule has 0 nitrogen and oxygen atoms in total. The van der Waals surface area contributed by atoms with E-state index in [9.17, 15) is 0 Å². The highest BCUT2D eigenvalue weighted by Gasteiger charge is 2.04. The van der Waals surface area contributed by atoms with E-state index >= 15 is 0 Å². The van der Waals surface area contributed by atoms with Gasteiger partial charge >= 0.3 is 0 Å². The minimum absolute atomic E-state index is 0.927. The standard InChI is InChI=1S/C13H6Br2S2/c14-7-1-3-11-9(5-7)13(16)10-6-8(15)2-4-12(10)17-11/h1-6H. The van der Waals surface area contributed by atoms with E-state index < -0.39 is 0 Å². The first-order valence-electron chi connectivity index (χ1n) is 4.97. The summed E-state index contributed by atoms with van der Waals surface area (Å²) in [4.78, 5) is 0. The zero-order valence-corrected chi connectivity index (χ0v) is 13.3. The van der Waals surface area contributed by atoms with E-state index in [0.717, 1.165) is 24.2 Å². The molecule has 0 aliphatic rings. The highest BCUT2D eigenvalue weighted by Crippen LogP contribution is 2.33. The molecule has 0 amide bonds. The number of hydrogen-bond acceptors (Lipinski definition) is 2. The Balaban J connectivity index is 2.58. The molecule has 1 aromatic heterocycles. The largest absolute Gasteiger partial charge is 0.135 e. The third-order valence-electron chi connectivity index (χ3n) is 2.59. The van der Waals surface area contributed by atoms with Crippen LogP contribution in [0.3, 0.4) is 0 Å². The number of hydrogen-bond donors (Lipinski definition) is 0. The van der Waals surface area contributed by atoms with Crippen molar-refractivity contribution in [3.63, 3.8) is 0 Å². The molecule has 84 valence electrons. The van der Waals surface area contributed by atoms with Crippen molar-refractivity contribution in [3.05, 3.63) is 49.9 Å². The summed E-state index contributed by atoms with van der Waals surface area (Å²) < 4.78 is 5.52. The molecule has 0 aliphatic carbocycles. The van der Waals surface area contributed by atoms with E-state index in [1.165, 1.54) is 9.40 Å². The van der Waals surface area contributed by atoms with Gasteiger partial charge in [0.05, 0.1) is 4.51 Å². The van der Waals surface area contributed by atoms with Gasteiger partial charge < -0.3 is 0 Å². The van der Waals surface area contributed by atoms with Gasteiger partial charge in [0.1, 0.15) is 0 Å². The second-order valence-electron chi connectivity index (χ2n) is 3.71. The van der Waals surface area contributed by atoms with E-state index in [1.807, 2.05) is 0 Å². The lowest BCUT2D eigenvalue weighted by Gasteiger charge is -2.03. The quantitative estimate of drug-likeness (QED) is 0.322. The minimum atomic E-state index is 0.927. The van der Waals surface area contributed by atoms with Crippen LogP contribution in [0.15, 0.2) is 45.3 Å². The Morgan fingerprint density at radius 2 is 1.29 bits per heavy atom. The van der Waals surface area contributed by atoms with E-state index in [4.69, 9.17) is 12.2 Å². The Bertz CT molecular complexity index is 727. The predicted octanol–water partition coefficient (Wildman–Crippen LogP) is 6.31. The number of benzene rings is 2. The Morgan fingerprint density at radius 3 is 1.76 bits per heavy atom.